The molecule has 1 heterocycles. The Labute approximate surface area is 186 Å². The van der Waals surface area contributed by atoms with Gasteiger partial charge in [0.25, 0.3) is 0 Å². The van der Waals surface area contributed by atoms with Crippen LogP contribution in [-0.2, 0) is 13.1 Å². The van der Waals surface area contributed by atoms with Crippen molar-refractivity contribution in [3.63, 3.8) is 0 Å². The van der Waals surface area contributed by atoms with Gasteiger partial charge in [-0.1, -0.05) is 41.4 Å². The SMILES string of the molecule is COc1cc(C)ccc1NC(=S)N(Cc1cccnc1)Cc1c(Cl)cccc1Cl. The van der Waals surface area contributed by atoms with E-state index in [4.69, 9.17) is 40.2 Å². The summed E-state index contributed by atoms with van der Waals surface area (Å²) in [4.78, 5) is 6.20. The van der Waals surface area contributed by atoms with E-state index in [2.05, 4.69) is 10.3 Å². The third-order valence-corrected chi connectivity index (χ3v) is 5.46. The Morgan fingerprint density at radius 3 is 2.52 bits per heavy atom. The van der Waals surface area contributed by atoms with Crippen molar-refractivity contribution in [2.45, 2.75) is 20.0 Å². The predicted octanol–water partition coefficient (Wildman–Crippen LogP) is 6.10. The summed E-state index contributed by atoms with van der Waals surface area (Å²) in [5.41, 5.74) is 3.74. The molecule has 3 aromatic rings. The zero-order valence-corrected chi connectivity index (χ0v) is 18.5. The van der Waals surface area contributed by atoms with Crippen molar-refractivity contribution in [1.29, 1.82) is 0 Å². The van der Waals surface area contributed by atoms with Gasteiger partial charge in [-0.25, -0.2) is 0 Å². The van der Waals surface area contributed by atoms with Gasteiger partial charge in [0.1, 0.15) is 5.75 Å². The number of aryl methyl sites for hydroxylation is 1. The fourth-order valence-corrected chi connectivity index (χ4v) is 3.64. The maximum absolute atomic E-state index is 6.40. The molecule has 0 atom stereocenters. The van der Waals surface area contributed by atoms with E-state index in [0.717, 1.165) is 28.1 Å². The van der Waals surface area contributed by atoms with E-state index in [1.54, 1.807) is 13.3 Å². The lowest BCUT2D eigenvalue weighted by Gasteiger charge is -2.27. The second-order valence-corrected chi connectivity index (χ2v) is 7.75. The molecule has 0 aliphatic carbocycles. The zero-order chi connectivity index (χ0) is 20.8. The number of pyridine rings is 1. The quantitative estimate of drug-likeness (QED) is 0.463. The number of nitrogens with one attached hydrogen (secondary N) is 1. The Hall–Kier alpha value is -2.34. The Kier molecular flexibility index (Phi) is 7.31. The maximum Gasteiger partial charge on any atom is 0.174 e. The van der Waals surface area contributed by atoms with Crippen molar-refractivity contribution in [2.24, 2.45) is 0 Å². The fourth-order valence-electron chi connectivity index (χ4n) is 2.88. The van der Waals surface area contributed by atoms with E-state index in [-0.39, 0.29) is 0 Å². The number of thiocarbonyl (C=S) groups is 1. The molecule has 1 aromatic heterocycles. The lowest BCUT2D eigenvalue weighted by Crippen LogP contribution is -2.34. The number of halogens is 2. The number of ether oxygens (including phenoxy) is 1. The number of hydrogen-bond acceptors (Lipinski definition) is 3. The van der Waals surface area contributed by atoms with E-state index < -0.39 is 0 Å². The maximum atomic E-state index is 6.40. The Bertz CT molecular complexity index is 978. The van der Waals surface area contributed by atoms with E-state index in [1.807, 2.05) is 66.6 Å². The molecule has 0 aliphatic heterocycles. The molecule has 0 saturated heterocycles. The van der Waals surface area contributed by atoms with Crippen LogP contribution in [0.3, 0.4) is 0 Å². The molecule has 2 aromatic carbocycles. The van der Waals surface area contributed by atoms with Gasteiger partial charge >= 0.3 is 0 Å². The van der Waals surface area contributed by atoms with E-state index >= 15 is 0 Å². The van der Waals surface area contributed by atoms with Crippen molar-refractivity contribution < 1.29 is 4.74 Å². The van der Waals surface area contributed by atoms with Crippen LogP contribution in [0.2, 0.25) is 10.0 Å². The summed E-state index contributed by atoms with van der Waals surface area (Å²) in [6.07, 6.45) is 3.56. The number of methoxy groups -OCH3 is 1. The van der Waals surface area contributed by atoms with Crippen LogP contribution >= 0.6 is 35.4 Å². The molecule has 0 unspecified atom stereocenters. The zero-order valence-electron chi connectivity index (χ0n) is 16.2. The van der Waals surface area contributed by atoms with E-state index in [9.17, 15) is 0 Å². The molecular formula is C22H21Cl2N3OS. The van der Waals surface area contributed by atoms with Crippen LogP contribution in [0, 0.1) is 6.92 Å². The monoisotopic (exact) mass is 445 g/mol. The van der Waals surface area contributed by atoms with Gasteiger partial charge in [-0.3, -0.25) is 4.98 Å². The second kappa shape index (κ2) is 9.92. The first-order valence-corrected chi connectivity index (χ1v) is 10.2. The van der Waals surface area contributed by atoms with Crippen LogP contribution in [0.1, 0.15) is 16.7 Å². The Morgan fingerprint density at radius 1 is 1.10 bits per heavy atom. The third kappa shape index (κ3) is 5.60. The van der Waals surface area contributed by atoms with Crippen LogP contribution < -0.4 is 10.1 Å². The lowest BCUT2D eigenvalue weighted by molar-refractivity contribution is 0.408. The smallest absolute Gasteiger partial charge is 0.174 e. The van der Waals surface area contributed by atoms with Crippen molar-refractivity contribution in [1.82, 2.24) is 9.88 Å². The summed E-state index contributed by atoms with van der Waals surface area (Å²) in [6, 6.07) is 15.3. The average Bonchev–Trinajstić information content (AvgIpc) is 2.72. The Morgan fingerprint density at radius 2 is 1.86 bits per heavy atom. The summed E-state index contributed by atoms with van der Waals surface area (Å²) < 4.78 is 5.49. The minimum absolute atomic E-state index is 0.452. The summed E-state index contributed by atoms with van der Waals surface area (Å²) in [7, 11) is 1.64. The fraction of sp³-hybridized carbons (Fsp3) is 0.182. The first-order valence-electron chi connectivity index (χ1n) is 9.00. The normalized spacial score (nSPS) is 10.5. The molecule has 150 valence electrons. The minimum Gasteiger partial charge on any atom is -0.495 e. The standard InChI is InChI=1S/C22H21Cl2N3OS/c1-15-8-9-20(21(11-15)28-2)26-22(29)27(13-16-5-4-10-25-12-16)14-17-18(23)6-3-7-19(17)24/h3-12H,13-14H2,1-2H3,(H,26,29). The van der Waals surface area contributed by atoms with Gasteiger partial charge in [0.2, 0.25) is 0 Å². The van der Waals surface area contributed by atoms with Gasteiger partial charge in [0.15, 0.2) is 5.11 Å². The van der Waals surface area contributed by atoms with Gasteiger partial charge < -0.3 is 15.0 Å². The highest BCUT2D eigenvalue weighted by atomic mass is 35.5. The number of aromatic nitrogens is 1. The highest BCUT2D eigenvalue weighted by molar-refractivity contribution is 7.80. The minimum atomic E-state index is 0.452. The molecule has 1 N–H and O–H groups in total. The van der Waals surface area contributed by atoms with Gasteiger partial charge in [-0.15, -0.1) is 0 Å². The molecule has 0 radical (unpaired) electrons. The molecule has 7 heteroatoms. The van der Waals surface area contributed by atoms with Crippen LogP contribution in [0.25, 0.3) is 0 Å². The summed E-state index contributed by atoms with van der Waals surface area (Å²) >= 11 is 18.5. The summed E-state index contributed by atoms with van der Waals surface area (Å²) in [5, 5.41) is 5.03. The van der Waals surface area contributed by atoms with Crippen LogP contribution in [-0.4, -0.2) is 22.1 Å². The largest absolute Gasteiger partial charge is 0.495 e. The molecule has 3 rings (SSSR count). The molecule has 0 aliphatic rings. The number of anilines is 1. The van der Waals surface area contributed by atoms with E-state index in [1.165, 1.54) is 0 Å². The lowest BCUT2D eigenvalue weighted by atomic mass is 10.2. The number of benzene rings is 2. The molecule has 4 nitrogen and oxygen atoms in total. The first-order chi connectivity index (χ1) is 14.0. The third-order valence-electron chi connectivity index (χ3n) is 4.39. The predicted molar refractivity (Wildman–Crippen MR) is 124 cm³/mol. The van der Waals surface area contributed by atoms with Crippen molar-refractivity contribution in [3.05, 3.63) is 87.7 Å². The van der Waals surface area contributed by atoms with Crippen molar-refractivity contribution in [2.75, 3.05) is 12.4 Å². The highest BCUT2D eigenvalue weighted by Crippen LogP contribution is 2.28. The van der Waals surface area contributed by atoms with Gasteiger partial charge in [0, 0.05) is 41.1 Å². The molecule has 0 spiro atoms. The molecule has 29 heavy (non-hydrogen) atoms. The Balaban J connectivity index is 1.89. The van der Waals surface area contributed by atoms with Gasteiger partial charge in [-0.05, 0) is 60.6 Å². The number of nitrogens with zero attached hydrogens (tertiary/aromatic N) is 2. The summed E-state index contributed by atoms with van der Waals surface area (Å²) in [6.45, 7) is 3.02. The number of rotatable bonds is 6. The molecule has 0 saturated carbocycles. The topological polar surface area (TPSA) is 37.4 Å². The van der Waals surface area contributed by atoms with Crippen LogP contribution in [0.4, 0.5) is 5.69 Å². The summed E-state index contributed by atoms with van der Waals surface area (Å²) in [5.74, 6) is 0.726. The van der Waals surface area contributed by atoms with Crippen molar-refractivity contribution >= 4 is 46.2 Å². The van der Waals surface area contributed by atoms with Crippen LogP contribution in [0.15, 0.2) is 60.9 Å². The first kappa shape index (κ1) is 21.4. The van der Waals surface area contributed by atoms with Gasteiger partial charge in [-0.2, -0.15) is 0 Å². The van der Waals surface area contributed by atoms with Crippen LogP contribution in [0.5, 0.6) is 5.75 Å². The second-order valence-electron chi connectivity index (χ2n) is 6.55. The number of hydrogen-bond donors (Lipinski definition) is 1. The van der Waals surface area contributed by atoms with Crippen molar-refractivity contribution in [3.8, 4) is 5.75 Å². The molecule has 0 amide bonds. The van der Waals surface area contributed by atoms with E-state index in [0.29, 0.717) is 28.2 Å². The van der Waals surface area contributed by atoms with Gasteiger partial charge in [0.05, 0.1) is 12.8 Å². The molecule has 0 bridgehead atoms. The highest BCUT2D eigenvalue weighted by Gasteiger charge is 2.17. The molecular weight excluding hydrogens is 425 g/mol. The average molecular weight is 446 g/mol. The molecule has 0 fully saturated rings.